The molecule has 1 fully saturated rings. The topological polar surface area (TPSA) is 71.1 Å². The second-order valence-electron chi connectivity index (χ2n) is 4.02. The first-order valence-electron chi connectivity index (χ1n) is 5.45. The smallest absolute Gasteiger partial charge is 0.254 e. The Morgan fingerprint density at radius 2 is 2.22 bits per heavy atom. The van der Waals surface area contributed by atoms with Crippen molar-refractivity contribution < 1.29 is 14.0 Å². The fourth-order valence-electron chi connectivity index (χ4n) is 1.34. The predicted molar refractivity (Wildman–Crippen MR) is 62.7 cm³/mol. The fourth-order valence-corrected chi connectivity index (χ4v) is 1.53. The van der Waals surface area contributed by atoms with Gasteiger partial charge < -0.3 is 10.6 Å². The molecule has 18 heavy (non-hydrogen) atoms. The summed E-state index contributed by atoms with van der Waals surface area (Å²) in [6.45, 7) is -0.165. The number of nitrogens with zero attached hydrogens (tertiary/aromatic N) is 1. The molecule has 0 saturated heterocycles. The summed E-state index contributed by atoms with van der Waals surface area (Å²) in [5, 5.41) is 4.97. The molecule has 1 saturated carbocycles. The summed E-state index contributed by atoms with van der Waals surface area (Å²) in [6, 6.07) is 1.21. The lowest BCUT2D eigenvalue weighted by Crippen LogP contribution is -2.38. The highest BCUT2D eigenvalue weighted by Crippen LogP contribution is 2.18. The van der Waals surface area contributed by atoms with Crippen molar-refractivity contribution in [1.82, 2.24) is 15.6 Å². The molecule has 2 amide bonds. The number of halogens is 2. The van der Waals surface area contributed by atoms with Crippen LogP contribution < -0.4 is 10.6 Å². The molecule has 0 unspecified atom stereocenters. The average molecular weight is 272 g/mol. The molecular formula is C11H11ClFN3O2. The van der Waals surface area contributed by atoms with Crippen LogP contribution in [0.3, 0.4) is 0 Å². The minimum atomic E-state index is -0.660. The van der Waals surface area contributed by atoms with Crippen LogP contribution in [0.15, 0.2) is 12.3 Å². The van der Waals surface area contributed by atoms with Crippen LogP contribution in [0.4, 0.5) is 4.39 Å². The SMILES string of the molecule is O=C(CNC(=O)c1cc(F)cnc1Cl)NC1CC1. The van der Waals surface area contributed by atoms with Crippen molar-refractivity contribution in [2.45, 2.75) is 18.9 Å². The van der Waals surface area contributed by atoms with E-state index in [0.717, 1.165) is 25.1 Å². The molecule has 0 atom stereocenters. The van der Waals surface area contributed by atoms with E-state index in [1.807, 2.05) is 0 Å². The van der Waals surface area contributed by atoms with E-state index in [4.69, 9.17) is 11.6 Å². The molecule has 5 nitrogen and oxygen atoms in total. The van der Waals surface area contributed by atoms with Gasteiger partial charge in [0, 0.05) is 6.04 Å². The van der Waals surface area contributed by atoms with Crippen molar-refractivity contribution in [3.8, 4) is 0 Å². The standard InChI is InChI=1S/C11H11ClFN3O2/c12-10-8(3-6(13)4-14-10)11(18)15-5-9(17)16-7-1-2-7/h3-4,7H,1-2,5H2,(H,15,18)(H,16,17). The summed E-state index contributed by atoms with van der Waals surface area (Å²) < 4.78 is 12.9. The predicted octanol–water partition coefficient (Wildman–Crippen LogP) is 0.883. The van der Waals surface area contributed by atoms with E-state index in [9.17, 15) is 14.0 Å². The molecule has 1 aromatic heterocycles. The summed E-state index contributed by atoms with van der Waals surface area (Å²) in [5.74, 6) is -1.56. The largest absolute Gasteiger partial charge is 0.352 e. The number of rotatable bonds is 4. The van der Waals surface area contributed by atoms with E-state index in [1.165, 1.54) is 0 Å². The highest BCUT2D eigenvalue weighted by Gasteiger charge is 2.23. The van der Waals surface area contributed by atoms with Crippen LogP contribution in [0.25, 0.3) is 0 Å². The van der Waals surface area contributed by atoms with Gasteiger partial charge in [0.2, 0.25) is 5.91 Å². The molecule has 0 spiro atoms. The number of amides is 2. The van der Waals surface area contributed by atoms with Gasteiger partial charge in [-0.05, 0) is 18.9 Å². The Labute approximate surface area is 108 Å². The van der Waals surface area contributed by atoms with E-state index >= 15 is 0 Å². The van der Waals surface area contributed by atoms with Crippen molar-refractivity contribution in [2.24, 2.45) is 0 Å². The van der Waals surface area contributed by atoms with E-state index < -0.39 is 11.7 Å². The van der Waals surface area contributed by atoms with Crippen LogP contribution in [-0.2, 0) is 4.79 Å². The molecule has 1 aliphatic rings. The lowest BCUT2D eigenvalue weighted by atomic mass is 10.2. The van der Waals surface area contributed by atoms with Crippen molar-refractivity contribution in [3.05, 3.63) is 28.8 Å². The maximum atomic E-state index is 12.9. The van der Waals surface area contributed by atoms with Crippen LogP contribution in [0, 0.1) is 5.82 Å². The van der Waals surface area contributed by atoms with Crippen LogP contribution >= 0.6 is 11.6 Å². The van der Waals surface area contributed by atoms with Gasteiger partial charge in [0.25, 0.3) is 5.91 Å². The molecule has 0 aromatic carbocycles. The number of nitrogens with one attached hydrogen (secondary N) is 2. The first-order chi connectivity index (χ1) is 8.56. The zero-order valence-corrected chi connectivity index (χ0v) is 10.1. The van der Waals surface area contributed by atoms with E-state index in [-0.39, 0.29) is 29.2 Å². The molecule has 2 N–H and O–H groups in total. The fraction of sp³-hybridized carbons (Fsp3) is 0.364. The van der Waals surface area contributed by atoms with Crippen LogP contribution in [0.2, 0.25) is 5.15 Å². The van der Waals surface area contributed by atoms with Crippen molar-refractivity contribution in [3.63, 3.8) is 0 Å². The zero-order chi connectivity index (χ0) is 13.1. The number of hydrogen-bond acceptors (Lipinski definition) is 3. The van der Waals surface area contributed by atoms with E-state index in [1.54, 1.807) is 0 Å². The average Bonchev–Trinajstić information content (AvgIpc) is 3.13. The Balaban J connectivity index is 1.90. The quantitative estimate of drug-likeness (QED) is 0.799. The van der Waals surface area contributed by atoms with Crippen molar-refractivity contribution >= 4 is 23.4 Å². The van der Waals surface area contributed by atoms with Gasteiger partial charge in [-0.25, -0.2) is 9.37 Å². The third-order valence-electron chi connectivity index (χ3n) is 2.40. The third-order valence-corrected chi connectivity index (χ3v) is 2.70. The summed E-state index contributed by atoms with van der Waals surface area (Å²) in [6.07, 6.45) is 2.86. The Morgan fingerprint density at radius 1 is 1.50 bits per heavy atom. The normalized spacial score (nSPS) is 14.1. The Morgan fingerprint density at radius 3 is 2.89 bits per heavy atom. The molecule has 0 bridgehead atoms. The van der Waals surface area contributed by atoms with Gasteiger partial charge in [0.15, 0.2) is 0 Å². The zero-order valence-electron chi connectivity index (χ0n) is 9.37. The van der Waals surface area contributed by atoms with Gasteiger partial charge in [-0.15, -0.1) is 0 Å². The van der Waals surface area contributed by atoms with Gasteiger partial charge in [0.1, 0.15) is 11.0 Å². The highest BCUT2D eigenvalue weighted by atomic mass is 35.5. The van der Waals surface area contributed by atoms with Gasteiger partial charge in [-0.3, -0.25) is 9.59 Å². The van der Waals surface area contributed by atoms with Crippen molar-refractivity contribution in [1.29, 1.82) is 0 Å². The summed E-state index contributed by atoms with van der Waals surface area (Å²) in [5.41, 5.74) is -0.0871. The van der Waals surface area contributed by atoms with Crippen LogP contribution in [0.1, 0.15) is 23.2 Å². The molecule has 0 radical (unpaired) electrons. The number of aromatic nitrogens is 1. The van der Waals surface area contributed by atoms with Gasteiger partial charge in [0.05, 0.1) is 18.3 Å². The van der Waals surface area contributed by atoms with Crippen molar-refractivity contribution in [2.75, 3.05) is 6.54 Å². The van der Waals surface area contributed by atoms with Gasteiger partial charge in [-0.1, -0.05) is 11.6 Å². The summed E-state index contributed by atoms with van der Waals surface area (Å²) in [4.78, 5) is 26.5. The van der Waals surface area contributed by atoms with Crippen LogP contribution in [0.5, 0.6) is 0 Å². The number of hydrogen-bond donors (Lipinski definition) is 2. The molecule has 7 heteroatoms. The third kappa shape index (κ3) is 3.40. The Kier molecular flexibility index (Phi) is 3.76. The monoisotopic (exact) mass is 271 g/mol. The second-order valence-corrected chi connectivity index (χ2v) is 4.37. The molecule has 0 aliphatic heterocycles. The number of carbonyl (C=O) groups excluding carboxylic acids is 2. The Bertz CT molecular complexity index is 491. The van der Waals surface area contributed by atoms with Crippen LogP contribution in [-0.4, -0.2) is 29.4 Å². The van der Waals surface area contributed by atoms with Gasteiger partial charge >= 0.3 is 0 Å². The second kappa shape index (κ2) is 5.30. The summed E-state index contributed by atoms with van der Waals surface area (Å²) >= 11 is 5.66. The minimum absolute atomic E-state index is 0.0871. The molecule has 1 aliphatic carbocycles. The molecule has 96 valence electrons. The minimum Gasteiger partial charge on any atom is -0.352 e. The maximum Gasteiger partial charge on any atom is 0.254 e. The molecule has 1 heterocycles. The highest BCUT2D eigenvalue weighted by molar-refractivity contribution is 6.32. The first-order valence-corrected chi connectivity index (χ1v) is 5.82. The first kappa shape index (κ1) is 12.8. The lowest BCUT2D eigenvalue weighted by molar-refractivity contribution is -0.120. The van der Waals surface area contributed by atoms with E-state index in [0.29, 0.717) is 0 Å². The molecular weight excluding hydrogens is 261 g/mol. The summed E-state index contributed by atoms with van der Waals surface area (Å²) in [7, 11) is 0. The number of carbonyl (C=O) groups is 2. The molecule has 2 rings (SSSR count). The lowest BCUT2D eigenvalue weighted by Gasteiger charge is -2.06. The molecule has 1 aromatic rings. The van der Waals surface area contributed by atoms with Gasteiger partial charge in [-0.2, -0.15) is 0 Å². The number of pyridine rings is 1. The Hall–Kier alpha value is -1.69. The van der Waals surface area contributed by atoms with E-state index in [2.05, 4.69) is 15.6 Å². The maximum absolute atomic E-state index is 12.9.